The lowest BCUT2D eigenvalue weighted by Gasteiger charge is -2.10. The zero-order valence-corrected chi connectivity index (χ0v) is 20.6. The highest BCUT2D eigenvalue weighted by molar-refractivity contribution is 6.04. The van der Waals surface area contributed by atoms with E-state index in [4.69, 9.17) is 9.47 Å². The predicted molar refractivity (Wildman–Crippen MR) is 138 cm³/mol. The molecule has 0 saturated carbocycles. The Morgan fingerprint density at radius 3 is 2.12 bits per heavy atom. The molecule has 4 heteroatoms. The molecule has 0 aliphatic carbocycles. The van der Waals surface area contributed by atoms with Gasteiger partial charge in [0.25, 0.3) is 0 Å². The zero-order chi connectivity index (χ0) is 23.7. The van der Waals surface area contributed by atoms with E-state index in [1.165, 1.54) is 38.5 Å². The van der Waals surface area contributed by atoms with E-state index in [-0.39, 0.29) is 5.78 Å². The Hall–Kier alpha value is -2.75. The SMILES string of the molecule is CCCCCCCCCOc1ccc(N/C=C/C(=O)c2ccc(OC[C@@H](C)CC)cc2)cc1. The summed E-state index contributed by atoms with van der Waals surface area (Å²) in [4.78, 5) is 12.4. The lowest BCUT2D eigenvalue weighted by atomic mass is 10.1. The smallest absolute Gasteiger partial charge is 0.187 e. The molecular weight excluding hydrogens is 410 g/mol. The Morgan fingerprint density at radius 2 is 1.45 bits per heavy atom. The van der Waals surface area contributed by atoms with Crippen LogP contribution < -0.4 is 14.8 Å². The molecule has 0 heterocycles. The average molecular weight is 452 g/mol. The minimum Gasteiger partial charge on any atom is -0.494 e. The Bertz CT molecular complexity index is 812. The number of nitrogens with one attached hydrogen (secondary N) is 1. The fourth-order valence-electron chi connectivity index (χ4n) is 3.28. The number of carbonyl (C=O) groups is 1. The van der Waals surface area contributed by atoms with Crippen molar-refractivity contribution in [2.24, 2.45) is 5.92 Å². The minimum absolute atomic E-state index is 0.0503. The number of allylic oxidation sites excluding steroid dienone is 1. The van der Waals surface area contributed by atoms with Gasteiger partial charge in [-0.25, -0.2) is 0 Å². The van der Waals surface area contributed by atoms with E-state index >= 15 is 0 Å². The average Bonchev–Trinajstić information content (AvgIpc) is 2.85. The first-order valence-electron chi connectivity index (χ1n) is 12.6. The second-order valence-electron chi connectivity index (χ2n) is 8.68. The Kier molecular flexibility index (Phi) is 12.8. The number of ether oxygens (including phenoxy) is 2. The molecule has 0 aromatic heterocycles. The van der Waals surface area contributed by atoms with E-state index in [0.717, 1.165) is 36.6 Å². The maximum Gasteiger partial charge on any atom is 0.187 e. The summed E-state index contributed by atoms with van der Waals surface area (Å²) in [6, 6.07) is 15.1. The molecule has 0 aliphatic rings. The molecule has 0 spiro atoms. The van der Waals surface area contributed by atoms with Crippen LogP contribution >= 0.6 is 0 Å². The molecule has 33 heavy (non-hydrogen) atoms. The van der Waals surface area contributed by atoms with Gasteiger partial charge in [-0.15, -0.1) is 0 Å². The molecule has 0 radical (unpaired) electrons. The highest BCUT2D eigenvalue weighted by atomic mass is 16.5. The molecule has 0 unspecified atom stereocenters. The van der Waals surface area contributed by atoms with Crippen LogP contribution in [0, 0.1) is 5.92 Å². The largest absolute Gasteiger partial charge is 0.494 e. The number of hydrogen-bond donors (Lipinski definition) is 1. The second-order valence-corrected chi connectivity index (χ2v) is 8.68. The highest BCUT2D eigenvalue weighted by Gasteiger charge is 2.04. The van der Waals surface area contributed by atoms with Crippen molar-refractivity contribution in [1.82, 2.24) is 0 Å². The van der Waals surface area contributed by atoms with Gasteiger partial charge in [-0.3, -0.25) is 4.79 Å². The monoisotopic (exact) mass is 451 g/mol. The number of rotatable bonds is 17. The number of unbranched alkanes of at least 4 members (excludes halogenated alkanes) is 6. The van der Waals surface area contributed by atoms with Crippen LogP contribution in [0.2, 0.25) is 0 Å². The molecule has 0 amide bonds. The van der Waals surface area contributed by atoms with E-state index in [1.807, 2.05) is 36.4 Å². The number of benzene rings is 2. The van der Waals surface area contributed by atoms with Gasteiger partial charge in [0, 0.05) is 23.5 Å². The lowest BCUT2D eigenvalue weighted by molar-refractivity contribution is 0.104. The van der Waals surface area contributed by atoms with Crippen molar-refractivity contribution >= 4 is 11.5 Å². The molecule has 4 nitrogen and oxygen atoms in total. The third-order valence-electron chi connectivity index (χ3n) is 5.73. The summed E-state index contributed by atoms with van der Waals surface area (Å²) in [6.45, 7) is 8.01. The van der Waals surface area contributed by atoms with Crippen LogP contribution in [-0.2, 0) is 0 Å². The van der Waals surface area contributed by atoms with Crippen LogP contribution in [0.1, 0.15) is 82.5 Å². The maximum atomic E-state index is 12.4. The molecular formula is C29H41NO3. The van der Waals surface area contributed by atoms with Crippen molar-refractivity contribution in [2.75, 3.05) is 18.5 Å². The van der Waals surface area contributed by atoms with Crippen molar-refractivity contribution < 1.29 is 14.3 Å². The summed E-state index contributed by atoms with van der Waals surface area (Å²) >= 11 is 0. The standard InChI is InChI=1S/C29H41NO3/c1-4-6-7-8-9-10-11-22-32-27-18-14-26(15-19-27)30-21-20-29(31)25-12-16-28(17-13-25)33-23-24(3)5-2/h12-21,24,30H,4-11,22-23H2,1-3H3/b21-20+/t24-/m0/s1. The first-order chi connectivity index (χ1) is 16.1. The molecule has 0 saturated heterocycles. The van der Waals surface area contributed by atoms with Gasteiger partial charge in [-0.1, -0.05) is 65.7 Å². The van der Waals surface area contributed by atoms with Crippen molar-refractivity contribution in [2.45, 2.75) is 72.1 Å². The minimum atomic E-state index is -0.0503. The fraction of sp³-hybridized carbons (Fsp3) is 0.483. The van der Waals surface area contributed by atoms with E-state index in [9.17, 15) is 4.79 Å². The van der Waals surface area contributed by atoms with E-state index in [2.05, 4.69) is 26.1 Å². The highest BCUT2D eigenvalue weighted by Crippen LogP contribution is 2.17. The molecule has 180 valence electrons. The molecule has 1 N–H and O–H groups in total. The molecule has 0 aliphatic heterocycles. The van der Waals surface area contributed by atoms with Gasteiger partial charge in [-0.05, 0) is 60.9 Å². The third-order valence-corrected chi connectivity index (χ3v) is 5.73. The van der Waals surface area contributed by atoms with Crippen LogP contribution in [0.4, 0.5) is 5.69 Å². The van der Waals surface area contributed by atoms with Gasteiger partial charge in [0.2, 0.25) is 0 Å². The molecule has 2 aromatic carbocycles. The number of carbonyl (C=O) groups excluding carboxylic acids is 1. The van der Waals surface area contributed by atoms with Crippen LogP contribution in [-0.4, -0.2) is 19.0 Å². The van der Waals surface area contributed by atoms with Crippen molar-refractivity contribution in [1.29, 1.82) is 0 Å². The number of anilines is 1. The second kappa shape index (κ2) is 16.0. The van der Waals surface area contributed by atoms with Gasteiger partial charge in [0.05, 0.1) is 13.2 Å². The summed E-state index contributed by atoms with van der Waals surface area (Å²) < 4.78 is 11.6. The third kappa shape index (κ3) is 11.1. The molecule has 2 aromatic rings. The lowest BCUT2D eigenvalue weighted by Crippen LogP contribution is -2.07. The van der Waals surface area contributed by atoms with Crippen molar-refractivity contribution in [3.05, 3.63) is 66.4 Å². The summed E-state index contributed by atoms with van der Waals surface area (Å²) in [5.41, 5.74) is 1.55. The summed E-state index contributed by atoms with van der Waals surface area (Å²) in [5, 5.41) is 3.14. The topological polar surface area (TPSA) is 47.6 Å². The van der Waals surface area contributed by atoms with E-state index in [0.29, 0.717) is 18.1 Å². The summed E-state index contributed by atoms with van der Waals surface area (Å²) in [5.74, 6) is 2.14. The summed E-state index contributed by atoms with van der Waals surface area (Å²) in [6.07, 6.45) is 13.3. The van der Waals surface area contributed by atoms with Crippen molar-refractivity contribution in [3.8, 4) is 11.5 Å². The van der Waals surface area contributed by atoms with Gasteiger partial charge < -0.3 is 14.8 Å². The Morgan fingerprint density at radius 1 is 0.848 bits per heavy atom. The van der Waals surface area contributed by atoms with Crippen LogP contribution in [0.3, 0.4) is 0 Å². The first-order valence-corrected chi connectivity index (χ1v) is 12.6. The van der Waals surface area contributed by atoms with E-state index in [1.54, 1.807) is 24.4 Å². The molecule has 0 bridgehead atoms. The van der Waals surface area contributed by atoms with Gasteiger partial charge in [0.1, 0.15) is 11.5 Å². The molecule has 0 fully saturated rings. The molecule has 2 rings (SSSR count). The van der Waals surface area contributed by atoms with Crippen LogP contribution in [0.15, 0.2) is 60.8 Å². The number of ketones is 1. The first kappa shape index (κ1) is 26.5. The number of hydrogen-bond acceptors (Lipinski definition) is 4. The maximum absolute atomic E-state index is 12.4. The van der Waals surface area contributed by atoms with Crippen LogP contribution in [0.25, 0.3) is 0 Å². The van der Waals surface area contributed by atoms with Crippen molar-refractivity contribution in [3.63, 3.8) is 0 Å². The van der Waals surface area contributed by atoms with E-state index < -0.39 is 0 Å². The molecule has 1 atom stereocenters. The Balaban J connectivity index is 1.67. The van der Waals surface area contributed by atoms with Gasteiger partial charge in [-0.2, -0.15) is 0 Å². The fourth-order valence-corrected chi connectivity index (χ4v) is 3.28. The quantitative estimate of drug-likeness (QED) is 0.150. The van der Waals surface area contributed by atoms with Gasteiger partial charge >= 0.3 is 0 Å². The normalized spacial score (nSPS) is 12.0. The Labute approximate surface area is 200 Å². The summed E-state index contributed by atoms with van der Waals surface area (Å²) in [7, 11) is 0. The zero-order valence-electron chi connectivity index (χ0n) is 20.6. The predicted octanol–water partition coefficient (Wildman–Crippen LogP) is 8.05. The van der Waals surface area contributed by atoms with Gasteiger partial charge in [0.15, 0.2) is 5.78 Å². The van der Waals surface area contributed by atoms with Crippen LogP contribution in [0.5, 0.6) is 11.5 Å².